The Kier molecular flexibility index (Phi) is 5.35. The fourth-order valence-corrected chi connectivity index (χ4v) is 3.78. The molecule has 0 saturated heterocycles. The monoisotopic (exact) mass is 408 g/mol. The first kappa shape index (κ1) is 19.8. The molecule has 0 aliphatic carbocycles. The van der Waals surface area contributed by atoms with Crippen LogP contribution in [-0.2, 0) is 11.2 Å². The van der Waals surface area contributed by atoms with Crippen molar-refractivity contribution in [3.63, 3.8) is 0 Å². The third kappa shape index (κ3) is 3.58. The SMILES string of the molecule is COc1cccc(/C=C/C2=NN(C(C)=O)C(C)Cc3cc4c(cc32)OCO4)c1OC. The molecule has 4 rings (SSSR count). The van der Waals surface area contributed by atoms with Gasteiger partial charge in [0.15, 0.2) is 23.0 Å². The van der Waals surface area contributed by atoms with Crippen molar-refractivity contribution in [1.29, 1.82) is 0 Å². The first-order valence-electron chi connectivity index (χ1n) is 9.72. The molecule has 0 aromatic heterocycles. The first-order chi connectivity index (χ1) is 14.5. The van der Waals surface area contributed by atoms with Gasteiger partial charge in [0.05, 0.1) is 26.0 Å². The Morgan fingerprint density at radius 3 is 2.63 bits per heavy atom. The lowest BCUT2D eigenvalue weighted by molar-refractivity contribution is -0.130. The van der Waals surface area contributed by atoms with E-state index >= 15 is 0 Å². The van der Waals surface area contributed by atoms with E-state index in [1.807, 2.05) is 49.4 Å². The van der Waals surface area contributed by atoms with Crippen LogP contribution in [0.25, 0.3) is 6.08 Å². The molecule has 2 aromatic rings. The largest absolute Gasteiger partial charge is 0.493 e. The number of ether oxygens (including phenoxy) is 4. The summed E-state index contributed by atoms with van der Waals surface area (Å²) in [6.45, 7) is 3.71. The Bertz CT molecular complexity index is 1040. The third-order valence-electron chi connectivity index (χ3n) is 5.20. The molecule has 2 aromatic carbocycles. The van der Waals surface area contributed by atoms with Gasteiger partial charge in [-0.05, 0) is 49.3 Å². The summed E-state index contributed by atoms with van der Waals surface area (Å²) in [6.07, 6.45) is 4.45. The minimum atomic E-state index is -0.111. The second-order valence-electron chi connectivity index (χ2n) is 7.18. The molecule has 7 heteroatoms. The number of carbonyl (C=O) groups excluding carboxylic acids is 1. The van der Waals surface area contributed by atoms with Gasteiger partial charge in [-0.25, -0.2) is 5.01 Å². The van der Waals surface area contributed by atoms with E-state index in [9.17, 15) is 4.79 Å². The van der Waals surface area contributed by atoms with Gasteiger partial charge in [0.25, 0.3) is 0 Å². The van der Waals surface area contributed by atoms with E-state index < -0.39 is 0 Å². The van der Waals surface area contributed by atoms with Gasteiger partial charge in [0.1, 0.15) is 0 Å². The molecule has 0 spiro atoms. The Hall–Kier alpha value is -3.48. The number of allylic oxidation sites excluding steroid dienone is 1. The van der Waals surface area contributed by atoms with Crippen molar-refractivity contribution in [1.82, 2.24) is 5.01 Å². The van der Waals surface area contributed by atoms with Gasteiger partial charge in [-0.2, -0.15) is 5.10 Å². The standard InChI is InChI=1S/C23H24N2O5/c1-14-10-17-11-21-22(30-13-29-21)12-18(17)19(24-25(14)15(2)26)9-8-16-6-5-7-20(27-3)23(16)28-4/h5-9,11-12,14H,10,13H2,1-4H3/b9-8+. The molecular weight excluding hydrogens is 384 g/mol. The summed E-state index contributed by atoms with van der Waals surface area (Å²) in [5, 5.41) is 6.20. The summed E-state index contributed by atoms with van der Waals surface area (Å²) in [4.78, 5) is 12.2. The minimum absolute atomic E-state index is 0.0844. The molecule has 0 radical (unpaired) electrons. The fraction of sp³-hybridized carbons (Fsp3) is 0.304. The predicted molar refractivity (Wildman–Crippen MR) is 113 cm³/mol. The van der Waals surface area contributed by atoms with E-state index in [0.717, 1.165) is 22.4 Å². The molecule has 1 unspecified atom stereocenters. The van der Waals surface area contributed by atoms with Crippen LogP contribution in [0.1, 0.15) is 30.5 Å². The van der Waals surface area contributed by atoms with Gasteiger partial charge in [-0.3, -0.25) is 4.79 Å². The molecule has 156 valence electrons. The number of methoxy groups -OCH3 is 2. The summed E-state index contributed by atoms with van der Waals surface area (Å²) in [7, 11) is 3.21. The van der Waals surface area contributed by atoms with Crippen LogP contribution in [0.4, 0.5) is 0 Å². The number of benzene rings is 2. The lowest BCUT2D eigenvalue weighted by Gasteiger charge is -2.21. The van der Waals surface area contributed by atoms with E-state index in [0.29, 0.717) is 29.4 Å². The van der Waals surface area contributed by atoms with Crippen LogP contribution in [-0.4, -0.2) is 43.7 Å². The fourth-order valence-electron chi connectivity index (χ4n) is 3.78. The third-order valence-corrected chi connectivity index (χ3v) is 5.20. The van der Waals surface area contributed by atoms with Gasteiger partial charge >= 0.3 is 0 Å². The van der Waals surface area contributed by atoms with Crippen LogP contribution in [0.5, 0.6) is 23.0 Å². The molecule has 0 saturated carbocycles. The number of hydrogen-bond acceptors (Lipinski definition) is 6. The summed E-state index contributed by atoms with van der Waals surface area (Å²) < 4.78 is 22.0. The molecule has 2 aliphatic heterocycles. The lowest BCUT2D eigenvalue weighted by atomic mass is 9.96. The topological polar surface area (TPSA) is 69.6 Å². The second-order valence-corrected chi connectivity index (χ2v) is 7.18. The van der Waals surface area contributed by atoms with Gasteiger partial charge in [-0.1, -0.05) is 12.1 Å². The number of carbonyl (C=O) groups is 1. The van der Waals surface area contributed by atoms with Crippen LogP contribution in [0.3, 0.4) is 0 Å². The molecule has 0 N–H and O–H groups in total. The Balaban J connectivity index is 1.81. The molecule has 7 nitrogen and oxygen atoms in total. The number of hydrogen-bond donors (Lipinski definition) is 0. The molecular formula is C23H24N2O5. The average Bonchev–Trinajstić information content (AvgIpc) is 3.14. The number of para-hydroxylation sites is 1. The number of rotatable bonds is 4. The number of nitrogens with zero attached hydrogens (tertiary/aromatic N) is 2. The van der Waals surface area contributed by atoms with Crippen molar-refractivity contribution in [3.05, 3.63) is 53.1 Å². The Morgan fingerprint density at radius 1 is 1.17 bits per heavy atom. The number of hydrazone groups is 1. The van der Waals surface area contributed by atoms with Crippen molar-refractivity contribution in [2.75, 3.05) is 21.0 Å². The molecule has 30 heavy (non-hydrogen) atoms. The number of amides is 1. The van der Waals surface area contributed by atoms with Crippen LogP contribution in [0, 0.1) is 0 Å². The predicted octanol–water partition coefficient (Wildman–Crippen LogP) is 3.64. The van der Waals surface area contributed by atoms with Crippen LogP contribution in [0.2, 0.25) is 0 Å². The zero-order valence-electron chi connectivity index (χ0n) is 17.5. The highest BCUT2D eigenvalue weighted by atomic mass is 16.7. The van der Waals surface area contributed by atoms with Crippen LogP contribution >= 0.6 is 0 Å². The van der Waals surface area contributed by atoms with Crippen LogP contribution < -0.4 is 18.9 Å². The Labute approximate surface area is 175 Å². The first-order valence-corrected chi connectivity index (χ1v) is 9.72. The molecule has 1 amide bonds. The summed E-state index contributed by atoms with van der Waals surface area (Å²) in [6, 6.07) is 9.49. The molecule has 0 bridgehead atoms. The Morgan fingerprint density at radius 2 is 1.93 bits per heavy atom. The zero-order chi connectivity index (χ0) is 21.3. The van der Waals surface area contributed by atoms with Crippen molar-refractivity contribution < 1.29 is 23.7 Å². The highest BCUT2D eigenvalue weighted by Crippen LogP contribution is 2.37. The number of fused-ring (bicyclic) bond motifs is 2. The van der Waals surface area contributed by atoms with E-state index in [-0.39, 0.29) is 18.7 Å². The molecule has 1 atom stereocenters. The molecule has 0 fully saturated rings. The quantitative estimate of drug-likeness (QED) is 0.773. The van der Waals surface area contributed by atoms with Gasteiger partial charge in [0.2, 0.25) is 12.7 Å². The maximum Gasteiger partial charge on any atom is 0.239 e. The normalized spacial score (nSPS) is 17.4. The van der Waals surface area contributed by atoms with Crippen molar-refractivity contribution in [2.24, 2.45) is 5.10 Å². The van der Waals surface area contributed by atoms with Crippen molar-refractivity contribution in [2.45, 2.75) is 26.3 Å². The van der Waals surface area contributed by atoms with E-state index in [4.69, 9.17) is 18.9 Å². The van der Waals surface area contributed by atoms with Crippen molar-refractivity contribution >= 4 is 17.7 Å². The highest BCUT2D eigenvalue weighted by molar-refractivity contribution is 6.12. The van der Waals surface area contributed by atoms with Crippen LogP contribution in [0.15, 0.2) is 41.5 Å². The van der Waals surface area contributed by atoms with E-state index in [1.165, 1.54) is 11.9 Å². The maximum absolute atomic E-state index is 12.2. The van der Waals surface area contributed by atoms with E-state index in [2.05, 4.69) is 5.10 Å². The summed E-state index contributed by atoms with van der Waals surface area (Å²) in [5.74, 6) is 2.56. The lowest BCUT2D eigenvalue weighted by Crippen LogP contribution is -2.33. The maximum atomic E-state index is 12.2. The van der Waals surface area contributed by atoms with Gasteiger partial charge in [0, 0.05) is 18.1 Å². The smallest absolute Gasteiger partial charge is 0.239 e. The summed E-state index contributed by atoms with van der Waals surface area (Å²) in [5.41, 5.74) is 3.46. The summed E-state index contributed by atoms with van der Waals surface area (Å²) >= 11 is 0. The highest BCUT2D eigenvalue weighted by Gasteiger charge is 2.27. The van der Waals surface area contributed by atoms with Gasteiger partial charge < -0.3 is 18.9 Å². The molecule has 2 heterocycles. The average molecular weight is 408 g/mol. The second kappa shape index (κ2) is 8.10. The minimum Gasteiger partial charge on any atom is -0.493 e. The van der Waals surface area contributed by atoms with Crippen molar-refractivity contribution in [3.8, 4) is 23.0 Å². The zero-order valence-corrected chi connectivity index (χ0v) is 17.5. The molecule has 2 aliphatic rings. The van der Waals surface area contributed by atoms with Gasteiger partial charge in [-0.15, -0.1) is 0 Å². The van der Waals surface area contributed by atoms with E-state index in [1.54, 1.807) is 14.2 Å².